The van der Waals surface area contributed by atoms with Gasteiger partial charge < -0.3 is 25.4 Å². The van der Waals surface area contributed by atoms with Crippen molar-refractivity contribution in [3.05, 3.63) is 53.8 Å². The van der Waals surface area contributed by atoms with Crippen LogP contribution < -0.4 is 15.5 Å². The molecular weight excluding hydrogens is 396 g/mol. The zero-order valence-electron chi connectivity index (χ0n) is 15.2. The van der Waals surface area contributed by atoms with Gasteiger partial charge in [-0.3, -0.25) is 4.79 Å². The number of aromatic nitrogens is 3. The highest BCUT2D eigenvalue weighted by molar-refractivity contribution is 6.28. The van der Waals surface area contributed by atoms with Crippen molar-refractivity contribution in [2.75, 3.05) is 35.3 Å². The first-order chi connectivity index (χ1) is 14.1. The van der Waals surface area contributed by atoms with Crippen LogP contribution in [0.5, 0.6) is 5.75 Å². The lowest BCUT2D eigenvalue weighted by Crippen LogP contribution is -2.41. The Hall–Kier alpha value is -3.43. The van der Waals surface area contributed by atoms with E-state index in [1.54, 1.807) is 29.2 Å². The number of nitrogens with zero attached hydrogens (tertiary/aromatic N) is 4. The summed E-state index contributed by atoms with van der Waals surface area (Å²) in [7, 11) is 0. The van der Waals surface area contributed by atoms with Crippen molar-refractivity contribution in [1.82, 2.24) is 15.0 Å². The van der Waals surface area contributed by atoms with Gasteiger partial charge in [-0.05, 0) is 60.1 Å². The number of anilines is 5. The number of morpholine rings is 1. The number of hydrogen-bond donors (Lipinski definition) is 3. The number of halogens is 1. The first kappa shape index (κ1) is 18.9. The molecule has 2 heterocycles. The Balaban J connectivity index is 1.48. The van der Waals surface area contributed by atoms with E-state index in [2.05, 4.69) is 25.6 Å². The average molecular weight is 413 g/mol. The van der Waals surface area contributed by atoms with Crippen molar-refractivity contribution < 1.29 is 14.6 Å². The summed E-state index contributed by atoms with van der Waals surface area (Å²) < 4.78 is 5.15. The number of rotatable bonds is 5. The van der Waals surface area contributed by atoms with Gasteiger partial charge in [0.25, 0.3) is 5.91 Å². The number of carbonyl (C=O) groups excluding carboxylic acids is 1. The van der Waals surface area contributed by atoms with Crippen molar-refractivity contribution in [3.63, 3.8) is 0 Å². The summed E-state index contributed by atoms with van der Waals surface area (Å²) in [5, 5.41) is 15.5. The Morgan fingerprint density at radius 3 is 2.10 bits per heavy atom. The van der Waals surface area contributed by atoms with E-state index in [4.69, 9.17) is 16.3 Å². The maximum absolute atomic E-state index is 11.9. The topological polar surface area (TPSA) is 112 Å². The van der Waals surface area contributed by atoms with E-state index in [9.17, 15) is 9.90 Å². The molecule has 10 heteroatoms. The van der Waals surface area contributed by atoms with Crippen molar-refractivity contribution in [2.45, 2.75) is 0 Å². The van der Waals surface area contributed by atoms with Crippen LogP contribution in [0.4, 0.5) is 29.0 Å². The average Bonchev–Trinajstić information content (AvgIpc) is 2.70. The summed E-state index contributed by atoms with van der Waals surface area (Å²) >= 11 is 6.01. The lowest BCUT2D eigenvalue weighted by Gasteiger charge is -2.26. The van der Waals surface area contributed by atoms with Crippen molar-refractivity contribution >= 4 is 46.5 Å². The largest absolute Gasteiger partial charge is 0.508 e. The summed E-state index contributed by atoms with van der Waals surface area (Å²) in [5.41, 5.74) is 2.22. The van der Waals surface area contributed by atoms with Gasteiger partial charge in [0.1, 0.15) is 12.4 Å². The number of nitrogens with one attached hydrogen (secondary N) is 2. The number of benzene rings is 2. The monoisotopic (exact) mass is 412 g/mol. The second kappa shape index (κ2) is 8.29. The number of aromatic hydroxyl groups is 1. The first-order valence-electron chi connectivity index (χ1n) is 8.80. The third-order valence-electron chi connectivity index (χ3n) is 4.15. The van der Waals surface area contributed by atoms with Crippen molar-refractivity contribution in [2.24, 2.45) is 0 Å². The Kier molecular flexibility index (Phi) is 5.41. The van der Waals surface area contributed by atoms with Gasteiger partial charge in [0.15, 0.2) is 0 Å². The Bertz CT molecular complexity index is 1010. The van der Waals surface area contributed by atoms with Crippen molar-refractivity contribution in [3.8, 4) is 5.75 Å². The predicted octanol–water partition coefficient (Wildman–Crippen LogP) is 3.08. The molecule has 4 rings (SSSR count). The van der Waals surface area contributed by atoms with Crippen molar-refractivity contribution in [1.29, 1.82) is 0 Å². The van der Waals surface area contributed by atoms with Gasteiger partial charge in [0.05, 0.1) is 6.61 Å². The molecule has 0 bridgehead atoms. The SMILES string of the molecule is O=C1COCCN1c1ccc(Nc2nc(Cl)nc(Nc3ccc(O)cc3)n2)cc1. The van der Waals surface area contributed by atoms with Gasteiger partial charge in [-0.25, -0.2) is 0 Å². The van der Waals surface area contributed by atoms with E-state index in [-0.39, 0.29) is 35.4 Å². The molecule has 148 valence electrons. The molecular formula is C19H17ClN6O3. The van der Waals surface area contributed by atoms with Gasteiger partial charge in [-0.15, -0.1) is 0 Å². The maximum atomic E-state index is 11.9. The van der Waals surface area contributed by atoms with E-state index in [0.29, 0.717) is 18.8 Å². The van der Waals surface area contributed by atoms with E-state index in [1.807, 2.05) is 24.3 Å². The molecule has 0 saturated carbocycles. The highest BCUT2D eigenvalue weighted by Crippen LogP contribution is 2.23. The number of phenols is 1. The smallest absolute Gasteiger partial charge is 0.253 e. The van der Waals surface area contributed by atoms with E-state index in [0.717, 1.165) is 11.4 Å². The molecule has 2 aromatic carbocycles. The predicted molar refractivity (Wildman–Crippen MR) is 109 cm³/mol. The minimum absolute atomic E-state index is 0.0271. The van der Waals surface area contributed by atoms with Crippen LogP contribution >= 0.6 is 11.6 Å². The van der Waals surface area contributed by atoms with Crippen LogP contribution in [0.2, 0.25) is 5.28 Å². The highest BCUT2D eigenvalue weighted by Gasteiger charge is 2.19. The Morgan fingerprint density at radius 2 is 1.52 bits per heavy atom. The number of carbonyl (C=O) groups is 1. The van der Waals surface area contributed by atoms with Gasteiger partial charge in [-0.2, -0.15) is 15.0 Å². The second-order valence-electron chi connectivity index (χ2n) is 6.19. The molecule has 1 fully saturated rings. The Morgan fingerprint density at radius 1 is 0.931 bits per heavy atom. The summed E-state index contributed by atoms with van der Waals surface area (Å²) in [6.07, 6.45) is 0. The minimum atomic E-state index is -0.0637. The van der Waals surface area contributed by atoms with Crippen LogP contribution in [-0.2, 0) is 9.53 Å². The molecule has 0 aliphatic carbocycles. The minimum Gasteiger partial charge on any atom is -0.508 e. The fourth-order valence-corrected chi connectivity index (χ4v) is 2.94. The van der Waals surface area contributed by atoms with Crippen LogP contribution in [0.25, 0.3) is 0 Å². The van der Waals surface area contributed by atoms with Gasteiger partial charge >= 0.3 is 0 Å². The number of amides is 1. The van der Waals surface area contributed by atoms with E-state index in [1.165, 1.54) is 0 Å². The molecule has 9 nitrogen and oxygen atoms in total. The third-order valence-corrected chi connectivity index (χ3v) is 4.32. The molecule has 29 heavy (non-hydrogen) atoms. The zero-order valence-corrected chi connectivity index (χ0v) is 15.9. The quantitative estimate of drug-likeness (QED) is 0.548. The van der Waals surface area contributed by atoms with Crippen LogP contribution in [-0.4, -0.2) is 45.7 Å². The van der Waals surface area contributed by atoms with Gasteiger partial charge in [-0.1, -0.05) is 0 Å². The van der Waals surface area contributed by atoms with E-state index < -0.39 is 0 Å². The molecule has 0 spiro atoms. The fraction of sp³-hybridized carbons (Fsp3) is 0.158. The van der Waals surface area contributed by atoms with Gasteiger partial charge in [0.2, 0.25) is 17.2 Å². The Labute approximate surface area is 171 Å². The molecule has 0 atom stereocenters. The number of ether oxygens (including phenoxy) is 1. The molecule has 3 N–H and O–H groups in total. The molecule has 3 aromatic rings. The standard InChI is InChI=1S/C19H17ClN6O3/c20-17-23-18(25-19(24-17)22-13-3-7-15(27)8-4-13)21-12-1-5-14(6-2-12)26-9-10-29-11-16(26)28/h1-8,27H,9-11H2,(H2,21,22,23,24,25). The molecule has 1 aromatic heterocycles. The zero-order chi connectivity index (χ0) is 20.2. The lowest BCUT2D eigenvalue weighted by atomic mass is 10.2. The number of hydrogen-bond acceptors (Lipinski definition) is 8. The van der Waals surface area contributed by atoms with Crippen LogP contribution in [0, 0.1) is 0 Å². The lowest BCUT2D eigenvalue weighted by molar-refractivity contribution is -0.125. The molecule has 1 aliphatic rings. The highest BCUT2D eigenvalue weighted by atomic mass is 35.5. The van der Waals surface area contributed by atoms with Crippen LogP contribution in [0.3, 0.4) is 0 Å². The third kappa shape index (κ3) is 4.71. The molecule has 0 unspecified atom stereocenters. The summed E-state index contributed by atoms with van der Waals surface area (Å²) in [6, 6.07) is 13.8. The van der Waals surface area contributed by atoms with E-state index >= 15 is 0 Å². The summed E-state index contributed by atoms with van der Waals surface area (Å²) in [6.45, 7) is 1.15. The number of phenolic OH excluding ortho intramolecular Hbond substituents is 1. The van der Waals surface area contributed by atoms with Crippen LogP contribution in [0.1, 0.15) is 0 Å². The fourth-order valence-electron chi connectivity index (χ4n) is 2.78. The second-order valence-corrected chi connectivity index (χ2v) is 6.53. The molecule has 1 amide bonds. The van der Waals surface area contributed by atoms with Crippen LogP contribution in [0.15, 0.2) is 48.5 Å². The normalized spacial score (nSPS) is 14.0. The maximum Gasteiger partial charge on any atom is 0.253 e. The summed E-state index contributed by atoms with van der Waals surface area (Å²) in [4.78, 5) is 26.1. The molecule has 1 saturated heterocycles. The molecule has 0 radical (unpaired) electrons. The molecule has 1 aliphatic heterocycles. The van der Waals surface area contributed by atoms with Gasteiger partial charge in [0, 0.05) is 23.6 Å². The first-order valence-corrected chi connectivity index (χ1v) is 9.17. The summed E-state index contributed by atoms with van der Waals surface area (Å²) in [5.74, 6) is 0.621.